The lowest BCUT2D eigenvalue weighted by Crippen LogP contribution is -2.31. The zero-order chi connectivity index (χ0) is 14.1. The maximum Gasteiger partial charge on any atom is 0.293 e. The molecule has 1 fully saturated rings. The Labute approximate surface area is 115 Å². The summed E-state index contributed by atoms with van der Waals surface area (Å²) < 4.78 is 0. The normalized spacial score (nSPS) is 16.4. The predicted octanol–water partition coefficient (Wildman–Crippen LogP) is 2.26. The van der Waals surface area contributed by atoms with Crippen LogP contribution in [-0.2, 0) is 0 Å². The Hall–Kier alpha value is -2.21. The van der Waals surface area contributed by atoms with Gasteiger partial charge >= 0.3 is 0 Å². The number of carbonyl (C=O) groups is 1. The maximum absolute atomic E-state index is 12.5. The van der Waals surface area contributed by atoms with Crippen molar-refractivity contribution in [3.63, 3.8) is 0 Å². The van der Waals surface area contributed by atoms with Crippen molar-refractivity contribution in [3.8, 4) is 0 Å². The van der Waals surface area contributed by atoms with Crippen LogP contribution in [0.3, 0.4) is 0 Å². The van der Waals surface area contributed by atoms with Crippen LogP contribution in [0.1, 0.15) is 23.2 Å². The summed E-state index contributed by atoms with van der Waals surface area (Å²) in [4.78, 5) is 26.0. The number of fused-ring (bicyclic) bond motifs is 1. The fourth-order valence-corrected chi connectivity index (χ4v) is 2.80. The van der Waals surface area contributed by atoms with Crippen LogP contribution in [0.15, 0.2) is 24.4 Å². The van der Waals surface area contributed by atoms with E-state index < -0.39 is 4.92 Å². The molecule has 0 amide bonds. The molecule has 20 heavy (non-hydrogen) atoms. The van der Waals surface area contributed by atoms with Crippen LogP contribution >= 0.6 is 0 Å². The molecule has 2 aromatic rings. The van der Waals surface area contributed by atoms with Crippen molar-refractivity contribution in [2.75, 3.05) is 13.1 Å². The van der Waals surface area contributed by atoms with Crippen molar-refractivity contribution in [2.45, 2.75) is 12.8 Å². The number of hydrogen-bond acceptors (Lipinski definition) is 4. The van der Waals surface area contributed by atoms with E-state index in [1.54, 1.807) is 18.3 Å². The van der Waals surface area contributed by atoms with E-state index in [2.05, 4.69) is 10.3 Å². The summed E-state index contributed by atoms with van der Waals surface area (Å²) in [6.07, 6.45) is 3.24. The molecule has 1 aromatic carbocycles. The van der Waals surface area contributed by atoms with E-state index in [1.807, 2.05) is 0 Å². The third-order valence-corrected chi connectivity index (χ3v) is 3.87. The highest BCUT2D eigenvalue weighted by atomic mass is 16.6. The Morgan fingerprint density at radius 2 is 2.05 bits per heavy atom. The summed E-state index contributed by atoms with van der Waals surface area (Å²) in [6.45, 7) is 1.69. The Morgan fingerprint density at radius 3 is 2.75 bits per heavy atom. The van der Waals surface area contributed by atoms with Gasteiger partial charge in [0.1, 0.15) is 5.52 Å². The van der Waals surface area contributed by atoms with E-state index in [0.717, 1.165) is 25.9 Å². The van der Waals surface area contributed by atoms with Gasteiger partial charge in [-0.25, -0.2) is 0 Å². The molecule has 6 heteroatoms. The molecule has 1 aliphatic rings. The van der Waals surface area contributed by atoms with Crippen molar-refractivity contribution < 1.29 is 9.72 Å². The molecule has 2 N–H and O–H groups in total. The number of benzene rings is 1. The number of para-hydroxylation sites is 1. The average molecular weight is 273 g/mol. The van der Waals surface area contributed by atoms with Crippen molar-refractivity contribution in [3.05, 3.63) is 40.1 Å². The van der Waals surface area contributed by atoms with Crippen molar-refractivity contribution in [2.24, 2.45) is 5.92 Å². The molecule has 6 nitrogen and oxygen atoms in total. The summed E-state index contributed by atoms with van der Waals surface area (Å²) in [6, 6.07) is 4.82. The molecule has 1 aromatic heterocycles. The highest BCUT2D eigenvalue weighted by Crippen LogP contribution is 2.29. The number of piperidine rings is 1. The van der Waals surface area contributed by atoms with Gasteiger partial charge in [0.25, 0.3) is 5.69 Å². The minimum atomic E-state index is -0.433. The molecule has 0 aliphatic carbocycles. The lowest BCUT2D eigenvalue weighted by atomic mass is 9.89. The number of aromatic nitrogens is 1. The van der Waals surface area contributed by atoms with E-state index in [4.69, 9.17) is 0 Å². The second kappa shape index (κ2) is 5.05. The number of ketones is 1. The highest BCUT2D eigenvalue weighted by molar-refractivity contribution is 6.10. The molecule has 3 rings (SSSR count). The first kappa shape index (κ1) is 12.8. The van der Waals surface area contributed by atoms with Crippen LogP contribution in [0, 0.1) is 16.0 Å². The predicted molar refractivity (Wildman–Crippen MR) is 74.9 cm³/mol. The number of rotatable bonds is 3. The molecule has 0 unspecified atom stereocenters. The lowest BCUT2D eigenvalue weighted by molar-refractivity contribution is -0.383. The van der Waals surface area contributed by atoms with Gasteiger partial charge in [-0.2, -0.15) is 0 Å². The number of carbonyl (C=O) groups excluding carboxylic acids is 1. The number of non-ortho nitro benzene ring substituents is 1. The summed E-state index contributed by atoms with van der Waals surface area (Å²) in [5.74, 6) is 0.0905. The SMILES string of the molecule is O=C(c1c[nH]c2c([N+](=O)[O-])cccc12)C1CCNCC1. The number of nitrogens with zero attached hydrogens (tertiary/aromatic N) is 1. The summed E-state index contributed by atoms with van der Waals surface area (Å²) in [7, 11) is 0. The van der Waals surface area contributed by atoms with Gasteiger partial charge in [0.15, 0.2) is 5.78 Å². The number of nitrogens with one attached hydrogen (secondary N) is 2. The van der Waals surface area contributed by atoms with Crippen LogP contribution in [0.5, 0.6) is 0 Å². The Bertz CT molecular complexity index is 671. The molecule has 2 heterocycles. The molecule has 0 spiro atoms. The van der Waals surface area contributed by atoms with E-state index in [-0.39, 0.29) is 17.4 Å². The number of aromatic amines is 1. The Morgan fingerprint density at radius 1 is 1.30 bits per heavy atom. The molecule has 104 valence electrons. The van der Waals surface area contributed by atoms with Crippen LogP contribution in [0.4, 0.5) is 5.69 Å². The Balaban J connectivity index is 2.02. The molecule has 0 atom stereocenters. The van der Waals surface area contributed by atoms with Crippen LogP contribution < -0.4 is 5.32 Å². The number of Topliss-reactive ketones (excluding diaryl/α,β-unsaturated/α-hetero) is 1. The first-order chi connectivity index (χ1) is 9.68. The van der Waals surface area contributed by atoms with Gasteiger partial charge in [-0.3, -0.25) is 14.9 Å². The smallest absolute Gasteiger partial charge is 0.293 e. The van der Waals surface area contributed by atoms with E-state index in [0.29, 0.717) is 16.5 Å². The fourth-order valence-electron chi connectivity index (χ4n) is 2.80. The van der Waals surface area contributed by atoms with Crippen LogP contribution in [0.25, 0.3) is 10.9 Å². The molecule has 0 saturated carbocycles. The average Bonchev–Trinajstić information content (AvgIpc) is 2.91. The van der Waals surface area contributed by atoms with Gasteiger partial charge in [-0.15, -0.1) is 0 Å². The zero-order valence-electron chi connectivity index (χ0n) is 10.9. The molecule has 0 bridgehead atoms. The first-order valence-corrected chi connectivity index (χ1v) is 6.68. The summed E-state index contributed by atoms with van der Waals surface area (Å²) in [5, 5.41) is 14.9. The van der Waals surface area contributed by atoms with E-state index in [1.165, 1.54) is 6.07 Å². The van der Waals surface area contributed by atoms with Gasteiger partial charge in [0, 0.05) is 29.1 Å². The van der Waals surface area contributed by atoms with Gasteiger partial charge in [-0.05, 0) is 25.9 Å². The number of nitro groups is 1. The maximum atomic E-state index is 12.5. The fraction of sp³-hybridized carbons (Fsp3) is 0.357. The second-order valence-electron chi connectivity index (χ2n) is 5.05. The zero-order valence-corrected chi connectivity index (χ0v) is 10.9. The molecule has 0 radical (unpaired) electrons. The van der Waals surface area contributed by atoms with Gasteiger partial charge in [-0.1, -0.05) is 12.1 Å². The third kappa shape index (κ3) is 2.08. The highest BCUT2D eigenvalue weighted by Gasteiger charge is 2.25. The van der Waals surface area contributed by atoms with Crippen LogP contribution in [0.2, 0.25) is 0 Å². The Kier molecular flexibility index (Phi) is 3.23. The van der Waals surface area contributed by atoms with Gasteiger partial charge in [0.05, 0.1) is 4.92 Å². The lowest BCUT2D eigenvalue weighted by Gasteiger charge is -2.21. The topological polar surface area (TPSA) is 88.0 Å². The van der Waals surface area contributed by atoms with Gasteiger partial charge < -0.3 is 10.3 Å². The molecule has 1 saturated heterocycles. The monoisotopic (exact) mass is 273 g/mol. The van der Waals surface area contributed by atoms with Crippen LogP contribution in [-0.4, -0.2) is 28.8 Å². The third-order valence-electron chi connectivity index (χ3n) is 3.87. The quantitative estimate of drug-likeness (QED) is 0.510. The minimum absolute atomic E-state index is 0.00635. The summed E-state index contributed by atoms with van der Waals surface area (Å²) in [5.41, 5.74) is 0.997. The number of hydrogen-bond donors (Lipinski definition) is 2. The molecular formula is C14H15N3O3. The molecular weight excluding hydrogens is 258 g/mol. The van der Waals surface area contributed by atoms with E-state index >= 15 is 0 Å². The van der Waals surface area contributed by atoms with Crippen molar-refractivity contribution in [1.29, 1.82) is 0 Å². The summed E-state index contributed by atoms with van der Waals surface area (Å²) >= 11 is 0. The molecule has 1 aliphatic heterocycles. The first-order valence-electron chi connectivity index (χ1n) is 6.68. The number of H-pyrrole nitrogens is 1. The van der Waals surface area contributed by atoms with E-state index in [9.17, 15) is 14.9 Å². The largest absolute Gasteiger partial charge is 0.355 e. The van der Waals surface area contributed by atoms with Crippen molar-refractivity contribution >= 4 is 22.4 Å². The van der Waals surface area contributed by atoms with Crippen molar-refractivity contribution in [1.82, 2.24) is 10.3 Å². The second-order valence-corrected chi connectivity index (χ2v) is 5.05. The number of nitro benzene ring substituents is 1. The standard InChI is InChI=1S/C14H15N3O3/c18-14(9-4-6-15-7-5-9)11-8-16-13-10(11)2-1-3-12(13)17(19)20/h1-3,8-9,15-16H,4-7H2. The van der Waals surface area contributed by atoms with Gasteiger partial charge in [0.2, 0.25) is 0 Å². The minimum Gasteiger partial charge on any atom is -0.355 e.